The van der Waals surface area contributed by atoms with Crippen molar-refractivity contribution >= 4 is 45.5 Å². The highest BCUT2D eigenvalue weighted by atomic mass is 32.1. The maximum Gasteiger partial charge on any atom is 0.166 e. The molecule has 0 spiro atoms. The van der Waals surface area contributed by atoms with Gasteiger partial charge in [0.1, 0.15) is 46.0 Å². The minimum Gasteiger partial charge on any atom is -0.494 e. The second kappa shape index (κ2) is 10.9. The van der Waals surface area contributed by atoms with Crippen LogP contribution in [0.4, 0.5) is 23.0 Å². The molecule has 1 atom stereocenters. The fourth-order valence-electron chi connectivity index (χ4n) is 4.95. The van der Waals surface area contributed by atoms with Gasteiger partial charge in [0.2, 0.25) is 0 Å². The molecule has 0 aliphatic carbocycles. The van der Waals surface area contributed by atoms with Gasteiger partial charge in [-0.2, -0.15) is 5.26 Å². The molecule has 11 heteroatoms. The summed E-state index contributed by atoms with van der Waals surface area (Å²) in [6.45, 7) is 4.66. The van der Waals surface area contributed by atoms with E-state index in [1.165, 1.54) is 0 Å². The Balaban J connectivity index is 1.47. The molecule has 6 rings (SSSR count). The van der Waals surface area contributed by atoms with Crippen molar-refractivity contribution in [2.45, 2.75) is 39.3 Å². The van der Waals surface area contributed by atoms with E-state index in [9.17, 15) is 5.26 Å². The van der Waals surface area contributed by atoms with Gasteiger partial charge < -0.3 is 20.1 Å². The smallest absolute Gasteiger partial charge is 0.166 e. The average molecular weight is 553 g/mol. The summed E-state index contributed by atoms with van der Waals surface area (Å²) in [4.78, 5) is 18.9. The Bertz CT molecular complexity index is 1730. The van der Waals surface area contributed by atoms with E-state index in [2.05, 4.69) is 31.2 Å². The highest BCUT2D eigenvalue weighted by Crippen LogP contribution is 2.41. The van der Waals surface area contributed by atoms with Crippen molar-refractivity contribution in [1.29, 1.82) is 5.26 Å². The topological polar surface area (TPSA) is 123 Å². The van der Waals surface area contributed by atoms with Crippen molar-refractivity contribution in [2.75, 3.05) is 24.4 Å². The van der Waals surface area contributed by atoms with Crippen molar-refractivity contribution < 1.29 is 9.47 Å². The molecule has 40 heavy (non-hydrogen) atoms. The van der Waals surface area contributed by atoms with E-state index < -0.39 is 0 Å². The molecule has 1 aromatic carbocycles. The van der Waals surface area contributed by atoms with Crippen LogP contribution in [0.5, 0.6) is 5.75 Å². The zero-order valence-electron chi connectivity index (χ0n) is 22.4. The molecule has 4 aromatic heterocycles. The maximum absolute atomic E-state index is 9.31. The first-order valence-electron chi connectivity index (χ1n) is 13.1. The minimum atomic E-state index is -0.139. The predicted octanol–water partition coefficient (Wildman–Crippen LogP) is 6.63. The number of hydrogen-bond acceptors (Lipinski definition) is 10. The van der Waals surface area contributed by atoms with Crippen LogP contribution in [0.1, 0.15) is 42.7 Å². The summed E-state index contributed by atoms with van der Waals surface area (Å²) >= 11 is 1.58. The number of para-hydroxylation sites is 1. The van der Waals surface area contributed by atoms with Gasteiger partial charge in [-0.15, -0.1) is 11.3 Å². The van der Waals surface area contributed by atoms with Gasteiger partial charge >= 0.3 is 0 Å². The van der Waals surface area contributed by atoms with Crippen LogP contribution in [0.2, 0.25) is 0 Å². The van der Waals surface area contributed by atoms with Crippen LogP contribution in [0, 0.1) is 25.2 Å². The van der Waals surface area contributed by atoms with E-state index in [-0.39, 0.29) is 6.23 Å². The number of thiazole rings is 1. The molecule has 202 valence electrons. The van der Waals surface area contributed by atoms with Crippen molar-refractivity contribution in [3.05, 3.63) is 65.1 Å². The van der Waals surface area contributed by atoms with E-state index in [1.807, 2.05) is 43.5 Å². The molecule has 0 bridgehead atoms. The number of nitrogens with zero attached hydrogens (tertiary/aromatic N) is 6. The van der Waals surface area contributed by atoms with E-state index in [0.29, 0.717) is 40.8 Å². The van der Waals surface area contributed by atoms with Gasteiger partial charge in [-0.1, -0.05) is 12.1 Å². The number of fused-ring (bicyclic) bond motifs is 1. The predicted molar refractivity (Wildman–Crippen MR) is 155 cm³/mol. The number of pyridine rings is 2. The highest BCUT2D eigenvalue weighted by molar-refractivity contribution is 7.13. The molecule has 1 aliphatic heterocycles. The number of benzene rings is 1. The monoisotopic (exact) mass is 552 g/mol. The molecule has 0 radical (unpaired) electrons. The molecular weight excluding hydrogens is 524 g/mol. The Morgan fingerprint density at radius 1 is 1.02 bits per heavy atom. The Morgan fingerprint density at radius 2 is 1.90 bits per heavy atom. The van der Waals surface area contributed by atoms with E-state index in [1.54, 1.807) is 36.6 Å². The molecule has 1 saturated heterocycles. The summed E-state index contributed by atoms with van der Waals surface area (Å²) in [5.41, 5.74) is 5.12. The zero-order valence-corrected chi connectivity index (χ0v) is 23.2. The van der Waals surface area contributed by atoms with Gasteiger partial charge in [0.25, 0.3) is 0 Å². The lowest BCUT2D eigenvalue weighted by Gasteiger charge is -2.25. The molecule has 0 amide bonds. The Kier molecular flexibility index (Phi) is 7.02. The fraction of sp³-hybridized carbons (Fsp3) is 0.276. The van der Waals surface area contributed by atoms with Crippen molar-refractivity contribution in [1.82, 2.24) is 24.5 Å². The number of nitriles is 1. The first-order valence-corrected chi connectivity index (χ1v) is 13.9. The summed E-state index contributed by atoms with van der Waals surface area (Å²) in [7, 11) is 1.66. The first-order chi connectivity index (χ1) is 19.5. The Hall–Kier alpha value is -4.53. The van der Waals surface area contributed by atoms with Gasteiger partial charge in [0.15, 0.2) is 11.4 Å². The minimum absolute atomic E-state index is 0.139. The van der Waals surface area contributed by atoms with Crippen molar-refractivity contribution in [3.63, 3.8) is 0 Å². The molecule has 1 unspecified atom stereocenters. The van der Waals surface area contributed by atoms with Gasteiger partial charge in [-0.25, -0.2) is 19.9 Å². The summed E-state index contributed by atoms with van der Waals surface area (Å²) < 4.78 is 14.1. The van der Waals surface area contributed by atoms with Gasteiger partial charge in [0.05, 0.1) is 24.0 Å². The third-order valence-electron chi connectivity index (χ3n) is 6.73. The molecule has 0 saturated carbocycles. The molecule has 10 nitrogen and oxygen atoms in total. The number of hydrogen-bond donors (Lipinski definition) is 2. The number of anilines is 4. The van der Waals surface area contributed by atoms with Gasteiger partial charge in [-0.05, 0) is 57.4 Å². The van der Waals surface area contributed by atoms with Gasteiger partial charge in [-0.3, -0.25) is 4.57 Å². The van der Waals surface area contributed by atoms with E-state index in [0.717, 1.165) is 52.7 Å². The van der Waals surface area contributed by atoms with Crippen LogP contribution >= 0.6 is 11.3 Å². The zero-order chi connectivity index (χ0) is 27.6. The van der Waals surface area contributed by atoms with Crippen LogP contribution in [-0.4, -0.2) is 38.2 Å². The van der Waals surface area contributed by atoms with Crippen LogP contribution in [0.15, 0.2) is 47.8 Å². The molecular formula is C29H28N8O2S. The number of aromatic nitrogens is 5. The normalized spacial score (nSPS) is 15.1. The second-order valence-electron chi connectivity index (χ2n) is 9.53. The van der Waals surface area contributed by atoms with Gasteiger partial charge in [0, 0.05) is 23.7 Å². The number of methoxy groups -OCH3 is 1. The van der Waals surface area contributed by atoms with Crippen LogP contribution in [0.25, 0.3) is 21.7 Å². The molecule has 1 aliphatic rings. The number of rotatable bonds is 7. The molecule has 5 aromatic rings. The van der Waals surface area contributed by atoms with E-state index in [4.69, 9.17) is 19.4 Å². The average Bonchev–Trinajstić information content (AvgIpc) is 3.56. The summed E-state index contributed by atoms with van der Waals surface area (Å²) in [5.74, 6) is 2.58. The number of imidazole rings is 1. The van der Waals surface area contributed by atoms with Crippen LogP contribution in [0.3, 0.4) is 0 Å². The SMILES string of the molecule is COc1c(Nc2cc(Nc3cccc(C#N)n3)nc3c2nc(C)n3C2CCCCO2)cccc1-c1nc(C)cs1. The summed E-state index contributed by atoms with van der Waals surface area (Å²) in [6, 6.07) is 15.2. The largest absolute Gasteiger partial charge is 0.494 e. The molecule has 5 heterocycles. The third-order valence-corrected chi connectivity index (χ3v) is 7.72. The summed E-state index contributed by atoms with van der Waals surface area (Å²) in [6.07, 6.45) is 2.88. The first kappa shape index (κ1) is 25.7. The van der Waals surface area contributed by atoms with Crippen LogP contribution < -0.4 is 15.4 Å². The Labute approximate surface area is 235 Å². The lowest BCUT2D eigenvalue weighted by atomic mass is 10.1. The Morgan fingerprint density at radius 3 is 2.65 bits per heavy atom. The third kappa shape index (κ3) is 4.95. The molecule has 2 N–H and O–H groups in total. The number of aryl methyl sites for hydroxylation is 2. The number of ether oxygens (including phenoxy) is 2. The quantitative estimate of drug-likeness (QED) is 0.229. The lowest BCUT2D eigenvalue weighted by Crippen LogP contribution is -2.19. The van der Waals surface area contributed by atoms with E-state index >= 15 is 0 Å². The second-order valence-corrected chi connectivity index (χ2v) is 10.4. The fourth-order valence-corrected chi connectivity index (χ4v) is 5.77. The molecule has 1 fully saturated rings. The van der Waals surface area contributed by atoms with Crippen LogP contribution in [-0.2, 0) is 4.74 Å². The van der Waals surface area contributed by atoms with Crippen molar-refractivity contribution in [2.24, 2.45) is 0 Å². The standard InChI is InChI=1S/C29H28N8O2S/c1-17-16-40-29(31-17)20-9-7-10-21(27(20)38-3)34-22-14-24(35-23-11-6-8-19(15-30)33-23)36-28-26(22)32-18(2)37(28)25-12-4-5-13-39-25/h6-11,14,16,25H,4-5,12-13H2,1-3H3,(H2,33,34,35,36). The lowest BCUT2D eigenvalue weighted by molar-refractivity contribution is -0.0308. The highest BCUT2D eigenvalue weighted by Gasteiger charge is 2.24. The maximum atomic E-state index is 9.31. The number of nitrogens with one attached hydrogen (secondary N) is 2. The summed E-state index contributed by atoms with van der Waals surface area (Å²) in [5, 5.41) is 19.1. The van der Waals surface area contributed by atoms with Crippen molar-refractivity contribution in [3.8, 4) is 22.4 Å².